The van der Waals surface area contributed by atoms with Crippen molar-refractivity contribution in [2.24, 2.45) is 0 Å². The van der Waals surface area contributed by atoms with E-state index in [0.29, 0.717) is 12.6 Å². The fourth-order valence-corrected chi connectivity index (χ4v) is 3.51. The molecule has 25 heavy (non-hydrogen) atoms. The minimum absolute atomic E-state index is 0.202. The smallest absolute Gasteiger partial charge is 0.123 e. The quantitative estimate of drug-likeness (QED) is 0.773. The van der Waals surface area contributed by atoms with Gasteiger partial charge in [0.25, 0.3) is 0 Å². The molecule has 4 heteroatoms. The Labute approximate surface area is 150 Å². The normalized spacial score (nSPS) is 19.4. The van der Waals surface area contributed by atoms with Gasteiger partial charge >= 0.3 is 0 Å². The highest BCUT2D eigenvalue weighted by Gasteiger charge is 2.26. The Morgan fingerprint density at radius 2 is 2.20 bits per heavy atom. The van der Waals surface area contributed by atoms with E-state index < -0.39 is 0 Å². The molecule has 3 nitrogen and oxygen atoms in total. The first kappa shape index (κ1) is 19.2. The summed E-state index contributed by atoms with van der Waals surface area (Å²) in [7, 11) is 1.88. The van der Waals surface area contributed by atoms with Crippen LogP contribution in [0.3, 0.4) is 0 Å². The third-order valence-electron chi connectivity index (χ3n) is 4.89. The van der Waals surface area contributed by atoms with Crippen LogP contribution in [0.1, 0.15) is 45.6 Å². The molecule has 1 aromatic rings. The van der Waals surface area contributed by atoms with Crippen LogP contribution in [0.5, 0.6) is 0 Å². The summed E-state index contributed by atoms with van der Waals surface area (Å²) < 4.78 is 13.5. The van der Waals surface area contributed by atoms with Crippen molar-refractivity contribution >= 4 is 0 Å². The van der Waals surface area contributed by atoms with Gasteiger partial charge in [-0.1, -0.05) is 31.1 Å². The summed E-state index contributed by atoms with van der Waals surface area (Å²) in [6.45, 7) is 7.85. The van der Waals surface area contributed by atoms with Gasteiger partial charge in [-0.05, 0) is 50.0 Å². The lowest BCUT2D eigenvalue weighted by Gasteiger charge is -2.36. The highest BCUT2D eigenvalue weighted by molar-refractivity contribution is 5.49. The van der Waals surface area contributed by atoms with Crippen LogP contribution in [-0.2, 0) is 6.54 Å². The monoisotopic (exact) mass is 341 g/mol. The van der Waals surface area contributed by atoms with E-state index >= 15 is 0 Å². The zero-order chi connectivity index (χ0) is 18.4. The number of nitrogens with zero attached hydrogens (tertiary/aromatic N) is 2. The molecule has 1 aliphatic rings. The largest absolute Gasteiger partial charge is 0.390 e. The summed E-state index contributed by atoms with van der Waals surface area (Å²) >= 11 is 0. The maximum absolute atomic E-state index is 13.5. The van der Waals surface area contributed by atoms with E-state index in [-0.39, 0.29) is 5.82 Å². The van der Waals surface area contributed by atoms with Gasteiger partial charge in [-0.2, -0.15) is 5.26 Å². The molecule has 0 amide bonds. The molecule has 1 N–H and O–H groups in total. The molecule has 0 aliphatic carbocycles. The molecule has 1 aliphatic heterocycles. The van der Waals surface area contributed by atoms with Crippen molar-refractivity contribution < 1.29 is 4.39 Å². The Morgan fingerprint density at radius 3 is 2.80 bits per heavy atom. The molecule has 0 fully saturated rings. The fraction of sp³-hybridized carbons (Fsp3) is 0.476. The average Bonchev–Trinajstić information content (AvgIpc) is 2.58. The Hall–Kier alpha value is -2.12. The Morgan fingerprint density at radius 1 is 1.44 bits per heavy atom. The van der Waals surface area contributed by atoms with Gasteiger partial charge in [-0.25, -0.2) is 4.39 Å². The summed E-state index contributed by atoms with van der Waals surface area (Å²) in [5, 5.41) is 13.0. The fourth-order valence-electron chi connectivity index (χ4n) is 3.51. The van der Waals surface area contributed by atoms with Gasteiger partial charge in [0.1, 0.15) is 11.9 Å². The van der Waals surface area contributed by atoms with E-state index in [1.165, 1.54) is 11.6 Å². The summed E-state index contributed by atoms with van der Waals surface area (Å²) in [6, 6.07) is 9.56. The number of rotatable bonds is 6. The van der Waals surface area contributed by atoms with Crippen molar-refractivity contribution in [1.29, 1.82) is 5.26 Å². The SMILES string of the molecule is CCC/C(NC)=C(/C#N)C1=C(C)CC(C)N(Cc2cccc(F)c2)C1. The van der Waals surface area contributed by atoms with Crippen LogP contribution in [0.2, 0.25) is 0 Å². The molecule has 0 bridgehead atoms. The first-order valence-electron chi connectivity index (χ1n) is 8.98. The first-order chi connectivity index (χ1) is 12.0. The third kappa shape index (κ3) is 4.70. The van der Waals surface area contributed by atoms with E-state index in [2.05, 4.69) is 37.1 Å². The number of hydrogen-bond donors (Lipinski definition) is 1. The van der Waals surface area contributed by atoms with Crippen molar-refractivity contribution in [3.8, 4) is 6.07 Å². The van der Waals surface area contributed by atoms with Crippen molar-refractivity contribution in [3.63, 3.8) is 0 Å². The second kappa shape index (κ2) is 8.82. The van der Waals surface area contributed by atoms with E-state index in [4.69, 9.17) is 0 Å². The molecule has 0 radical (unpaired) electrons. The second-order valence-electron chi connectivity index (χ2n) is 6.81. The molecule has 0 spiro atoms. The minimum atomic E-state index is -0.202. The number of benzene rings is 1. The van der Waals surface area contributed by atoms with Gasteiger partial charge in [0.2, 0.25) is 0 Å². The molecule has 0 saturated heterocycles. The van der Waals surface area contributed by atoms with Crippen molar-refractivity contribution in [2.45, 2.75) is 52.6 Å². The lowest BCUT2D eigenvalue weighted by Crippen LogP contribution is -2.38. The third-order valence-corrected chi connectivity index (χ3v) is 4.89. The molecular weight excluding hydrogens is 313 g/mol. The molecule has 1 unspecified atom stereocenters. The predicted molar refractivity (Wildman–Crippen MR) is 100 cm³/mol. The van der Waals surface area contributed by atoms with Gasteiger partial charge in [0, 0.05) is 31.9 Å². The summed E-state index contributed by atoms with van der Waals surface area (Å²) in [4.78, 5) is 2.33. The van der Waals surface area contributed by atoms with Crippen LogP contribution >= 0.6 is 0 Å². The topological polar surface area (TPSA) is 39.1 Å². The van der Waals surface area contributed by atoms with Gasteiger partial charge < -0.3 is 5.32 Å². The maximum Gasteiger partial charge on any atom is 0.123 e. The van der Waals surface area contributed by atoms with E-state index in [0.717, 1.165) is 48.2 Å². The highest BCUT2D eigenvalue weighted by Crippen LogP contribution is 2.30. The highest BCUT2D eigenvalue weighted by atomic mass is 19.1. The van der Waals surface area contributed by atoms with Crippen molar-refractivity contribution in [3.05, 3.63) is 58.1 Å². The standard InChI is InChI=1S/C21H28FN3/c1-5-7-21(24-4)19(12-23)20-14-25(16(3)10-15(20)2)13-17-8-6-9-18(22)11-17/h6,8-9,11,16,24H,5,7,10,13-14H2,1-4H3/b21-19+. The molecule has 0 aromatic heterocycles. The first-order valence-corrected chi connectivity index (χ1v) is 8.98. The molecule has 2 rings (SSSR count). The van der Waals surface area contributed by atoms with Crippen LogP contribution in [0, 0.1) is 17.1 Å². The van der Waals surface area contributed by atoms with Crippen LogP contribution < -0.4 is 5.32 Å². The Bertz CT molecular complexity index is 712. The molecule has 1 atom stereocenters. The van der Waals surface area contributed by atoms with Gasteiger partial charge in [0.05, 0.1) is 5.57 Å². The van der Waals surface area contributed by atoms with E-state index in [1.807, 2.05) is 13.1 Å². The van der Waals surface area contributed by atoms with Crippen LogP contribution in [0.25, 0.3) is 0 Å². The van der Waals surface area contributed by atoms with Crippen LogP contribution in [-0.4, -0.2) is 24.5 Å². The zero-order valence-corrected chi connectivity index (χ0v) is 15.7. The number of halogens is 1. The summed E-state index contributed by atoms with van der Waals surface area (Å²) in [5.74, 6) is -0.202. The van der Waals surface area contributed by atoms with Gasteiger partial charge in [-0.15, -0.1) is 0 Å². The lowest BCUT2D eigenvalue weighted by atomic mass is 9.89. The van der Waals surface area contributed by atoms with E-state index in [9.17, 15) is 9.65 Å². The maximum atomic E-state index is 13.5. The second-order valence-corrected chi connectivity index (χ2v) is 6.81. The van der Waals surface area contributed by atoms with Crippen LogP contribution in [0.4, 0.5) is 4.39 Å². The zero-order valence-electron chi connectivity index (χ0n) is 15.7. The lowest BCUT2D eigenvalue weighted by molar-refractivity contribution is 0.204. The number of nitriles is 1. The average molecular weight is 341 g/mol. The molecular formula is C21H28FN3. The van der Waals surface area contributed by atoms with Gasteiger partial charge in [-0.3, -0.25) is 4.90 Å². The number of hydrogen-bond acceptors (Lipinski definition) is 3. The molecule has 0 saturated carbocycles. The summed E-state index contributed by atoms with van der Waals surface area (Å²) in [5.41, 5.74) is 5.16. The summed E-state index contributed by atoms with van der Waals surface area (Å²) in [6.07, 6.45) is 2.80. The van der Waals surface area contributed by atoms with Gasteiger partial charge in [0.15, 0.2) is 0 Å². The van der Waals surface area contributed by atoms with Crippen LogP contribution in [0.15, 0.2) is 46.7 Å². The minimum Gasteiger partial charge on any atom is -0.390 e. The van der Waals surface area contributed by atoms with E-state index in [1.54, 1.807) is 12.1 Å². The molecule has 134 valence electrons. The molecule has 1 heterocycles. The Balaban J connectivity index is 2.30. The number of allylic oxidation sites excluding steroid dienone is 1. The number of nitrogens with one attached hydrogen (secondary N) is 1. The molecule has 1 aromatic carbocycles. The predicted octanol–water partition coefficient (Wildman–Crippen LogP) is 4.53. The van der Waals surface area contributed by atoms with Crippen molar-refractivity contribution in [1.82, 2.24) is 10.2 Å². The van der Waals surface area contributed by atoms with Crippen molar-refractivity contribution in [2.75, 3.05) is 13.6 Å². The Kier molecular flexibility index (Phi) is 6.78.